The molecular formula is C34H26F4N2O4S2Ti. The first-order valence-electron chi connectivity index (χ1n) is 13.2. The van der Waals surface area contributed by atoms with Crippen molar-refractivity contribution in [3.05, 3.63) is 181 Å². The van der Waals surface area contributed by atoms with Gasteiger partial charge < -0.3 is 9.44 Å². The maximum atomic E-state index is 13.3. The summed E-state index contributed by atoms with van der Waals surface area (Å²) in [5.41, 5.74) is -0.694. The molecule has 0 unspecified atom stereocenters. The smallest absolute Gasteiger partial charge is 0.330 e. The minimum atomic E-state index is -3.88. The number of halogens is 4. The largest absolute Gasteiger partial charge is 4.00 e. The minimum Gasteiger partial charge on any atom is -0.330 e. The van der Waals surface area contributed by atoms with Gasteiger partial charge in [-0.25, -0.2) is 58.7 Å². The number of nitrogens with one attached hydrogen (secondary N) is 2. The first-order chi connectivity index (χ1) is 22.0. The molecule has 6 nitrogen and oxygen atoms in total. The second kappa shape index (κ2) is 19.2. The topological polar surface area (TPSA) is 92.3 Å². The Morgan fingerprint density at radius 2 is 0.787 bits per heavy atom. The van der Waals surface area contributed by atoms with Gasteiger partial charge in [-0.2, -0.15) is 36.4 Å². The van der Waals surface area contributed by atoms with Gasteiger partial charge in [0.25, 0.3) is 20.0 Å². The van der Waals surface area contributed by atoms with E-state index in [1.807, 2.05) is 70.1 Å². The fourth-order valence-electron chi connectivity index (χ4n) is 3.29. The van der Waals surface area contributed by atoms with Crippen molar-refractivity contribution in [1.82, 2.24) is 0 Å². The Kier molecular flexibility index (Phi) is 15.8. The molecule has 0 saturated carbocycles. The molecule has 0 aromatic heterocycles. The Morgan fingerprint density at radius 1 is 0.468 bits per heavy atom. The van der Waals surface area contributed by atoms with E-state index in [2.05, 4.69) is 0 Å². The van der Waals surface area contributed by atoms with Crippen LogP contribution < -0.4 is 9.44 Å². The number of rotatable bonds is 6. The van der Waals surface area contributed by atoms with E-state index in [1.165, 1.54) is 24.3 Å². The van der Waals surface area contributed by atoms with E-state index in [0.29, 0.717) is 0 Å². The summed E-state index contributed by atoms with van der Waals surface area (Å²) in [5.74, 6) is -3.96. The van der Waals surface area contributed by atoms with E-state index in [9.17, 15) is 34.4 Å². The van der Waals surface area contributed by atoms with Crippen LogP contribution in [0.4, 0.5) is 28.9 Å². The summed E-state index contributed by atoms with van der Waals surface area (Å²) >= 11 is 0. The van der Waals surface area contributed by atoms with Crippen molar-refractivity contribution >= 4 is 31.4 Å². The van der Waals surface area contributed by atoms with Crippen LogP contribution >= 0.6 is 0 Å². The van der Waals surface area contributed by atoms with Gasteiger partial charge in [-0.05, 0) is 35.6 Å². The van der Waals surface area contributed by atoms with Gasteiger partial charge in [-0.1, -0.05) is 36.4 Å². The molecule has 6 aromatic carbocycles. The van der Waals surface area contributed by atoms with Crippen LogP contribution in [-0.2, 0) is 41.8 Å². The monoisotopic (exact) mass is 714 g/mol. The predicted molar refractivity (Wildman–Crippen MR) is 169 cm³/mol. The van der Waals surface area contributed by atoms with Crippen LogP contribution in [0.2, 0.25) is 0 Å². The van der Waals surface area contributed by atoms with Crippen molar-refractivity contribution in [3.8, 4) is 0 Å². The number of sulfonamides is 2. The van der Waals surface area contributed by atoms with Gasteiger partial charge in [-0.15, -0.1) is 36.4 Å². The fraction of sp³-hybridized carbons (Fsp3) is 0. The zero-order valence-electron chi connectivity index (χ0n) is 24.3. The van der Waals surface area contributed by atoms with Gasteiger partial charge >= 0.3 is 21.7 Å². The van der Waals surface area contributed by atoms with E-state index in [-0.39, 0.29) is 42.9 Å². The summed E-state index contributed by atoms with van der Waals surface area (Å²) < 4.78 is 103. The number of benzene rings is 4. The Balaban J connectivity index is 0.000000248. The molecule has 0 aliphatic carbocycles. The number of hydrogen-bond donors (Lipinski definition) is 2. The molecule has 0 atom stereocenters. The Bertz CT molecular complexity index is 1780. The minimum absolute atomic E-state index is 0. The van der Waals surface area contributed by atoms with Crippen molar-refractivity contribution < 1.29 is 56.1 Å². The first kappa shape index (κ1) is 38.7. The van der Waals surface area contributed by atoms with E-state index in [4.69, 9.17) is 0 Å². The SMILES string of the molecule is O=S(=O)(Nc1ccc(F)[c-]c1F)c1ccccc1.O=S(=O)(Nc1ccc(F)[c-]c1F)c1ccccc1.[Ti+4].c1cc[cH-]c1.c1cc[cH-]c1. The third-order valence-electron chi connectivity index (χ3n) is 5.43. The Hall–Kier alpha value is -4.49. The van der Waals surface area contributed by atoms with E-state index < -0.39 is 43.3 Å². The van der Waals surface area contributed by atoms with Gasteiger partial charge in [-0.3, -0.25) is 0 Å². The van der Waals surface area contributed by atoms with Crippen molar-refractivity contribution in [2.45, 2.75) is 9.79 Å². The molecule has 0 spiro atoms. The summed E-state index contributed by atoms with van der Waals surface area (Å²) in [7, 11) is -7.76. The molecule has 0 radical (unpaired) electrons. The van der Waals surface area contributed by atoms with Crippen LogP contribution in [0.1, 0.15) is 0 Å². The number of hydrogen-bond acceptors (Lipinski definition) is 4. The van der Waals surface area contributed by atoms with Crippen LogP contribution in [0.5, 0.6) is 0 Å². The summed E-state index contributed by atoms with van der Waals surface area (Å²) in [6.07, 6.45) is 0. The summed E-state index contributed by atoms with van der Waals surface area (Å²) in [4.78, 5) is -0.0116. The average Bonchev–Trinajstić information content (AvgIpc) is 3.82. The molecule has 2 N–H and O–H groups in total. The van der Waals surface area contributed by atoms with Crippen molar-refractivity contribution in [2.75, 3.05) is 9.44 Å². The van der Waals surface area contributed by atoms with Gasteiger partial charge in [0.2, 0.25) is 0 Å². The van der Waals surface area contributed by atoms with Crippen LogP contribution in [0.25, 0.3) is 0 Å². The van der Waals surface area contributed by atoms with Gasteiger partial charge in [0.1, 0.15) is 0 Å². The van der Waals surface area contributed by atoms with Crippen LogP contribution in [-0.4, -0.2) is 16.8 Å². The second-order valence-corrected chi connectivity index (χ2v) is 12.2. The quantitative estimate of drug-likeness (QED) is 0.104. The van der Waals surface area contributed by atoms with Crippen LogP contribution in [0, 0.1) is 35.4 Å². The molecule has 0 saturated heterocycles. The molecule has 13 heteroatoms. The zero-order chi connectivity index (χ0) is 33.4. The molecule has 0 heterocycles. The maximum Gasteiger partial charge on any atom is 4.00 e. The molecule has 6 aromatic rings. The molecule has 0 amide bonds. The molecule has 0 aliphatic rings. The molecule has 240 valence electrons. The number of anilines is 2. The van der Waals surface area contributed by atoms with Crippen molar-refractivity contribution in [1.29, 1.82) is 0 Å². The Morgan fingerprint density at radius 3 is 1.04 bits per heavy atom. The van der Waals surface area contributed by atoms with E-state index in [0.717, 1.165) is 24.3 Å². The summed E-state index contributed by atoms with van der Waals surface area (Å²) in [5, 5.41) is 0. The molecule has 6 rings (SSSR count). The van der Waals surface area contributed by atoms with Crippen molar-refractivity contribution in [3.63, 3.8) is 0 Å². The molecule has 47 heavy (non-hydrogen) atoms. The fourth-order valence-corrected chi connectivity index (χ4v) is 5.45. The predicted octanol–water partition coefficient (Wildman–Crippen LogP) is 7.94. The maximum absolute atomic E-state index is 13.3. The van der Waals surface area contributed by atoms with E-state index >= 15 is 0 Å². The summed E-state index contributed by atoms with van der Waals surface area (Å²) in [6.45, 7) is 0. The molecular weight excluding hydrogens is 688 g/mol. The Labute approximate surface area is 286 Å². The average molecular weight is 715 g/mol. The van der Waals surface area contributed by atoms with Gasteiger partial charge in [0.15, 0.2) is 0 Å². The zero-order valence-corrected chi connectivity index (χ0v) is 27.5. The van der Waals surface area contributed by atoms with E-state index in [1.54, 1.807) is 48.5 Å². The molecule has 0 aliphatic heterocycles. The van der Waals surface area contributed by atoms with Crippen molar-refractivity contribution in [2.24, 2.45) is 0 Å². The third-order valence-corrected chi connectivity index (χ3v) is 8.19. The molecule has 0 fully saturated rings. The standard InChI is InChI=1S/2C12H8F2NO2S.2C5H5.Ti/c2*13-9-6-7-12(11(14)8-9)15-18(16,17)10-4-2-1-3-5-10;2*1-2-4-5-3-1;/h2*1-7,15H;2*1-5H;/q4*-1;+4. The van der Waals surface area contributed by atoms with Crippen LogP contribution in [0.3, 0.4) is 0 Å². The van der Waals surface area contributed by atoms with Gasteiger partial charge in [0, 0.05) is 23.3 Å². The first-order valence-corrected chi connectivity index (χ1v) is 16.2. The molecule has 0 bridgehead atoms. The van der Waals surface area contributed by atoms with Crippen LogP contribution in [0.15, 0.2) is 155 Å². The van der Waals surface area contributed by atoms with Gasteiger partial charge in [0.05, 0.1) is 9.79 Å². The summed E-state index contributed by atoms with van der Waals surface area (Å²) in [6, 6.07) is 42.3. The normalized spacial score (nSPS) is 10.3. The third kappa shape index (κ3) is 13.4. The second-order valence-electron chi connectivity index (χ2n) is 8.83.